The lowest BCUT2D eigenvalue weighted by molar-refractivity contribution is -0.132. The number of nitrogens with zero attached hydrogens (tertiary/aromatic N) is 3. The van der Waals surface area contributed by atoms with E-state index in [1.165, 1.54) is 0 Å². The van der Waals surface area contributed by atoms with Gasteiger partial charge in [0.05, 0.1) is 40.4 Å². The molecule has 0 unspecified atom stereocenters. The summed E-state index contributed by atoms with van der Waals surface area (Å²) in [6.45, 7) is 0.379. The van der Waals surface area contributed by atoms with E-state index in [1.54, 1.807) is 6.08 Å². The predicted molar refractivity (Wildman–Crippen MR) is 87.1 cm³/mol. The van der Waals surface area contributed by atoms with E-state index in [0.29, 0.717) is 12.1 Å². The van der Waals surface area contributed by atoms with Crippen LogP contribution in [0.2, 0.25) is 0 Å². The van der Waals surface area contributed by atoms with Crippen molar-refractivity contribution in [2.75, 3.05) is 6.54 Å². The fourth-order valence-corrected chi connectivity index (χ4v) is 3.54. The molecular formula is C18H13N3O2. The quantitative estimate of drug-likeness (QED) is 0.880. The van der Waals surface area contributed by atoms with Crippen molar-refractivity contribution in [2.24, 2.45) is 0 Å². The molecule has 0 spiro atoms. The van der Waals surface area contributed by atoms with Gasteiger partial charge in [0.2, 0.25) is 0 Å². The van der Waals surface area contributed by atoms with Gasteiger partial charge in [0, 0.05) is 11.8 Å². The van der Waals surface area contributed by atoms with Crippen molar-refractivity contribution >= 4 is 28.3 Å². The van der Waals surface area contributed by atoms with Crippen molar-refractivity contribution in [1.29, 1.82) is 0 Å². The van der Waals surface area contributed by atoms with Gasteiger partial charge in [-0.25, -0.2) is 9.48 Å². The fraction of sp³-hybridized carbons (Fsp3) is 0.111. The maximum atomic E-state index is 11.4. The summed E-state index contributed by atoms with van der Waals surface area (Å²) >= 11 is 0. The largest absolute Gasteiger partial charge is 0.478 e. The Hall–Kier alpha value is -3.08. The molecule has 23 heavy (non-hydrogen) atoms. The number of hydrogen-bond acceptors (Lipinski definition) is 3. The van der Waals surface area contributed by atoms with Crippen molar-refractivity contribution < 1.29 is 9.90 Å². The van der Waals surface area contributed by atoms with Gasteiger partial charge in [-0.2, -0.15) is 5.10 Å². The monoisotopic (exact) mass is 303 g/mol. The van der Waals surface area contributed by atoms with Crippen LogP contribution in [0.4, 0.5) is 0 Å². The maximum absolute atomic E-state index is 11.4. The van der Waals surface area contributed by atoms with Crippen molar-refractivity contribution in [3.05, 3.63) is 65.5 Å². The molecule has 112 valence electrons. The highest BCUT2D eigenvalue weighted by Gasteiger charge is 2.34. The Kier molecular flexibility index (Phi) is 2.29. The first kappa shape index (κ1) is 12.5. The number of aromatic nitrogens is 2. The first-order valence-corrected chi connectivity index (χ1v) is 7.54. The van der Waals surface area contributed by atoms with E-state index < -0.39 is 5.97 Å². The predicted octanol–water partition coefficient (Wildman–Crippen LogP) is 2.85. The standard InChI is InChI=1S/C18H13N3O2/c22-18(23)11-8-9-16-17-12-4-1-2-5-13(12)19-21(17)15-7-3-6-14(15)20(16)10-11/h1-6,8-9H,7,10H2,(H,22,23). The average molecular weight is 303 g/mol. The number of fused-ring (bicyclic) bond motifs is 7. The number of rotatable bonds is 1. The molecule has 0 saturated carbocycles. The highest BCUT2D eigenvalue weighted by Crippen LogP contribution is 2.42. The number of carbonyl (C=O) groups is 1. The molecule has 2 aromatic rings. The summed E-state index contributed by atoms with van der Waals surface area (Å²) in [7, 11) is 0. The van der Waals surface area contributed by atoms with E-state index in [1.807, 2.05) is 29.0 Å². The van der Waals surface area contributed by atoms with Gasteiger partial charge in [-0.1, -0.05) is 24.3 Å². The van der Waals surface area contributed by atoms with E-state index in [0.717, 1.165) is 40.1 Å². The second kappa shape index (κ2) is 4.23. The third kappa shape index (κ3) is 1.56. The molecule has 1 aromatic heterocycles. The van der Waals surface area contributed by atoms with E-state index >= 15 is 0 Å². The number of aliphatic carboxylic acids is 1. The molecule has 5 rings (SSSR count). The van der Waals surface area contributed by atoms with Gasteiger partial charge in [-0.05, 0) is 24.3 Å². The van der Waals surface area contributed by atoms with E-state index in [-0.39, 0.29) is 0 Å². The number of allylic oxidation sites excluding steroid dienone is 5. The van der Waals surface area contributed by atoms with Crippen molar-refractivity contribution in [2.45, 2.75) is 6.42 Å². The van der Waals surface area contributed by atoms with Crippen LogP contribution in [-0.4, -0.2) is 32.3 Å². The van der Waals surface area contributed by atoms with Gasteiger partial charge in [-0.15, -0.1) is 0 Å². The Bertz CT molecular complexity index is 1000. The summed E-state index contributed by atoms with van der Waals surface area (Å²) in [5.74, 6) is -0.867. The molecule has 0 saturated heterocycles. The van der Waals surface area contributed by atoms with Crippen LogP contribution in [0.1, 0.15) is 12.1 Å². The van der Waals surface area contributed by atoms with Crippen LogP contribution in [0.5, 0.6) is 0 Å². The average Bonchev–Trinajstić information content (AvgIpc) is 3.19. The summed E-state index contributed by atoms with van der Waals surface area (Å²) in [6.07, 6.45) is 8.56. The molecule has 0 atom stereocenters. The minimum absolute atomic E-state index is 0.379. The molecule has 1 aliphatic carbocycles. The van der Waals surface area contributed by atoms with Gasteiger partial charge in [-0.3, -0.25) is 0 Å². The van der Waals surface area contributed by atoms with Crippen LogP contribution >= 0.6 is 0 Å². The summed E-state index contributed by atoms with van der Waals surface area (Å²) in [6, 6.07) is 8.07. The highest BCUT2D eigenvalue weighted by molar-refractivity contribution is 5.97. The van der Waals surface area contributed by atoms with Crippen LogP contribution < -0.4 is 0 Å². The molecule has 0 amide bonds. The maximum Gasteiger partial charge on any atom is 0.333 e. The molecule has 0 fully saturated rings. The first-order valence-electron chi connectivity index (χ1n) is 7.54. The molecule has 1 N–H and O–H groups in total. The van der Waals surface area contributed by atoms with E-state index in [2.05, 4.69) is 23.1 Å². The zero-order valence-corrected chi connectivity index (χ0v) is 12.2. The number of hydrogen-bond donors (Lipinski definition) is 1. The summed E-state index contributed by atoms with van der Waals surface area (Å²) in [5, 5.41) is 15.2. The van der Waals surface area contributed by atoms with Gasteiger partial charge in [0.1, 0.15) is 0 Å². The van der Waals surface area contributed by atoms with Crippen LogP contribution in [0.3, 0.4) is 0 Å². The summed E-state index contributed by atoms with van der Waals surface area (Å²) in [5.41, 5.74) is 5.57. The van der Waals surface area contributed by atoms with Crippen molar-refractivity contribution in [3.63, 3.8) is 0 Å². The smallest absolute Gasteiger partial charge is 0.333 e. The van der Waals surface area contributed by atoms with E-state index in [4.69, 9.17) is 5.10 Å². The zero-order valence-electron chi connectivity index (χ0n) is 12.2. The van der Waals surface area contributed by atoms with E-state index in [9.17, 15) is 9.90 Å². The fourth-order valence-electron chi connectivity index (χ4n) is 3.54. The molecular weight excluding hydrogens is 290 g/mol. The lowest BCUT2D eigenvalue weighted by Crippen LogP contribution is -2.32. The third-order valence-electron chi connectivity index (χ3n) is 4.59. The van der Waals surface area contributed by atoms with Crippen molar-refractivity contribution in [1.82, 2.24) is 14.7 Å². The van der Waals surface area contributed by atoms with Gasteiger partial charge in [0.15, 0.2) is 0 Å². The molecule has 2 aliphatic heterocycles. The molecule has 0 bridgehead atoms. The Morgan fingerprint density at radius 3 is 2.96 bits per heavy atom. The zero-order chi connectivity index (χ0) is 15.6. The molecule has 0 radical (unpaired) electrons. The van der Waals surface area contributed by atoms with Crippen molar-refractivity contribution in [3.8, 4) is 0 Å². The Labute approximate surface area is 132 Å². The lowest BCUT2D eigenvalue weighted by atomic mass is 10.0. The highest BCUT2D eigenvalue weighted by atomic mass is 16.4. The second-order valence-corrected chi connectivity index (χ2v) is 5.85. The first-order chi connectivity index (χ1) is 11.2. The number of benzene rings is 1. The minimum atomic E-state index is -0.867. The Morgan fingerprint density at radius 2 is 2.09 bits per heavy atom. The summed E-state index contributed by atoms with van der Waals surface area (Å²) in [4.78, 5) is 13.4. The van der Waals surface area contributed by atoms with Gasteiger partial charge in [0.25, 0.3) is 0 Å². The van der Waals surface area contributed by atoms with Crippen LogP contribution in [0, 0.1) is 0 Å². The molecule has 1 aromatic carbocycles. The summed E-state index contributed by atoms with van der Waals surface area (Å²) < 4.78 is 2.02. The van der Waals surface area contributed by atoms with Crippen LogP contribution in [0.15, 0.2) is 59.8 Å². The molecule has 5 heteroatoms. The third-order valence-corrected chi connectivity index (χ3v) is 4.59. The Balaban J connectivity index is 1.84. The lowest BCUT2D eigenvalue weighted by Gasteiger charge is -2.35. The molecule has 3 aliphatic rings. The Morgan fingerprint density at radius 1 is 1.22 bits per heavy atom. The molecule has 5 nitrogen and oxygen atoms in total. The normalized spacial score (nSPS) is 18.5. The number of carboxylic acids is 1. The van der Waals surface area contributed by atoms with Gasteiger partial charge >= 0.3 is 5.97 Å². The van der Waals surface area contributed by atoms with Crippen LogP contribution in [-0.2, 0) is 4.79 Å². The number of carboxylic acid groups (broad SMARTS) is 1. The SMILES string of the molecule is O=C(O)C1=CC=C2c3c4ccccc4nn3C3=C(C=CC3)N2C1. The van der Waals surface area contributed by atoms with Crippen LogP contribution in [0.25, 0.3) is 22.3 Å². The molecule has 3 heterocycles. The van der Waals surface area contributed by atoms with Gasteiger partial charge < -0.3 is 10.0 Å². The topological polar surface area (TPSA) is 58.4 Å². The minimum Gasteiger partial charge on any atom is -0.478 e. The second-order valence-electron chi connectivity index (χ2n) is 5.85.